The molecule has 0 aromatic heterocycles. The largest absolute Gasteiger partial charge is 0.497 e. The Bertz CT molecular complexity index is 603. The van der Waals surface area contributed by atoms with Gasteiger partial charge in [-0.15, -0.1) is 11.6 Å². The monoisotopic (exact) mass is 353 g/mol. The molecule has 1 aromatic rings. The number of benzene rings is 1. The summed E-state index contributed by atoms with van der Waals surface area (Å²) in [5, 5.41) is 0.338. The maximum atomic E-state index is 11.5. The molecule has 5 nitrogen and oxygen atoms in total. The number of halogens is 1. The second-order valence-electron chi connectivity index (χ2n) is 6.40. The van der Waals surface area contributed by atoms with E-state index in [4.69, 9.17) is 25.8 Å². The molecular weight excluding hydrogens is 330 g/mol. The van der Waals surface area contributed by atoms with E-state index in [2.05, 4.69) is 0 Å². The topological polar surface area (TPSA) is 48.0 Å². The SMILES string of the molecule is COc1ccc2c(c1)CCN(C(C)=O)C2OC.ClC1CC2CC1O2. The van der Waals surface area contributed by atoms with E-state index in [1.54, 1.807) is 26.0 Å². The van der Waals surface area contributed by atoms with E-state index in [1.807, 2.05) is 18.2 Å². The highest BCUT2D eigenvalue weighted by molar-refractivity contribution is 6.21. The third kappa shape index (κ3) is 3.39. The van der Waals surface area contributed by atoms with Crippen molar-refractivity contribution >= 4 is 17.5 Å². The zero-order valence-corrected chi connectivity index (χ0v) is 15.1. The lowest BCUT2D eigenvalue weighted by molar-refractivity contribution is -0.143. The highest BCUT2D eigenvalue weighted by Gasteiger charge is 2.44. The third-order valence-corrected chi connectivity index (χ3v) is 5.36. The first-order chi connectivity index (χ1) is 11.5. The van der Waals surface area contributed by atoms with Crippen molar-refractivity contribution in [1.82, 2.24) is 4.90 Å². The molecule has 3 heterocycles. The number of methoxy groups -OCH3 is 2. The molecule has 1 amide bonds. The van der Waals surface area contributed by atoms with Gasteiger partial charge in [0.1, 0.15) is 5.75 Å². The van der Waals surface area contributed by atoms with Gasteiger partial charge in [-0.05, 0) is 30.5 Å². The average Bonchev–Trinajstić information content (AvgIpc) is 3.10. The maximum Gasteiger partial charge on any atom is 0.221 e. The average molecular weight is 354 g/mol. The first kappa shape index (κ1) is 17.5. The molecule has 2 bridgehead atoms. The lowest BCUT2D eigenvalue weighted by Crippen LogP contribution is -2.39. The predicted octanol–water partition coefficient (Wildman–Crippen LogP) is 2.90. The van der Waals surface area contributed by atoms with Crippen LogP contribution < -0.4 is 4.74 Å². The molecular formula is C18H24ClNO4. The lowest BCUT2D eigenvalue weighted by Gasteiger charge is -2.35. The molecule has 0 radical (unpaired) electrons. The van der Waals surface area contributed by atoms with E-state index in [0.29, 0.717) is 24.1 Å². The van der Waals surface area contributed by atoms with Crippen LogP contribution >= 0.6 is 11.6 Å². The van der Waals surface area contributed by atoms with Crippen LogP contribution in [-0.2, 0) is 20.7 Å². The van der Waals surface area contributed by atoms with Crippen molar-refractivity contribution in [2.24, 2.45) is 0 Å². The second kappa shape index (κ2) is 7.30. The molecule has 4 aliphatic rings. The van der Waals surface area contributed by atoms with Crippen LogP contribution in [0.25, 0.3) is 0 Å². The van der Waals surface area contributed by atoms with Gasteiger partial charge in [-0.3, -0.25) is 4.79 Å². The van der Waals surface area contributed by atoms with Gasteiger partial charge in [0.2, 0.25) is 5.91 Å². The van der Waals surface area contributed by atoms with Crippen LogP contribution in [0.1, 0.15) is 37.1 Å². The van der Waals surface area contributed by atoms with Gasteiger partial charge in [-0.2, -0.15) is 0 Å². The van der Waals surface area contributed by atoms with Crippen molar-refractivity contribution in [2.45, 2.75) is 50.0 Å². The number of hydrogen-bond acceptors (Lipinski definition) is 4. The van der Waals surface area contributed by atoms with Crippen molar-refractivity contribution in [2.75, 3.05) is 20.8 Å². The zero-order valence-electron chi connectivity index (χ0n) is 14.3. The highest BCUT2D eigenvalue weighted by atomic mass is 35.5. The minimum absolute atomic E-state index is 0.0401. The number of carbonyl (C=O) groups excluding carboxylic acids is 1. The van der Waals surface area contributed by atoms with Gasteiger partial charge >= 0.3 is 0 Å². The van der Waals surface area contributed by atoms with E-state index in [0.717, 1.165) is 24.2 Å². The minimum Gasteiger partial charge on any atom is -0.497 e. The molecule has 132 valence electrons. The Morgan fingerprint density at radius 1 is 1.33 bits per heavy atom. The molecule has 0 N–H and O–H groups in total. The summed E-state index contributed by atoms with van der Waals surface area (Å²) >= 11 is 5.78. The Morgan fingerprint density at radius 2 is 2.08 bits per heavy atom. The van der Waals surface area contributed by atoms with Gasteiger partial charge < -0.3 is 19.1 Å². The predicted molar refractivity (Wildman–Crippen MR) is 91.4 cm³/mol. The van der Waals surface area contributed by atoms with Crippen molar-refractivity contribution in [3.05, 3.63) is 29.3 Å². The molecule has 0 spiro atoms. The van der Waals surface area contributed by atoms with Gasteiger partial charge in [0, 0.05) is 32.6 Å². The van der Waals surface area contributed by atoms with Crippen molar-refractivity contribution in [3.63, 3.8) is 0 Å². The molecule has 4 unspecified atom stereocenters. The fraction of sp³-hybridized carbons (Fsp3) is 0.611. The summed E-state index contributed by atoms with van der Waals surface area (Å²) in [5.41, 5.74) is 2.24. The van der Waals surface area contributed by atoms with Gasteiger partial charge in [-0.1, -0.05) is 6.07 Å². The van der Waals surface area contributed by atoms with Crippen molar-refractivity contribution in [3.8, 4) is 5.75 Å². The van der Waals surface area contributed by atoms with Crippen LogP contribution in [0.3, 0.4) is 0 Å². The van der Waals surface area contributed by atoms with Crippen LogP contribution in [-0.4, -0.2) is 49.2 Å². The molecule has 1 aliphatic carbocycles. The van der Waals surface area contributed by atoms with Crippen LogP contribution in [0.4, 0.5) is 0 Å². The van der Waals surface area contributed by atoms with E-state index >= 15 is 0 Å². The number of carbonyl (C=O) groups is 1. The van der Waals surface area contributed by atoms with Gasteiger partial charge in [-0.25, -0.2) is 0 Å². The summed E-state index contributed by atoms with van der Waals surface area (Å²) in [6.07, 6.45) is 3.83. The molecule has 1 saturated carbocycles. The van der Waals surface area contributed by atoms with E-state index < -0.39 is 0 Å². The Morgan fingerprint density at radius 3 is 2.54 bits per heavy atom. The molecule has 1 aromatic carbocycles. The number of ether oxygens (including phenoxy) is 3. The van der Waals surface area contributed by atoms with Crippen LogP contribution in [0.2, 0.25) is 0 Å². The normalized spacial score (nSPS) is 29.9. The molecule has 3 fully saturated rings. The van der Waals surface area contributed by atoms with E-state index in [-0.39, 0.29) is 12.1 Å². The smallest absolute Gasteiger partial charge is 0.221 e. The number of fused-ring (bicyclic) bond motifs is 2. The molecule has 6 heteroatoms. The zero-order chi connectivity index (χ0) is 17.3. The van der Waals surface area contributed by atoms with Crippen LogP contribution in [0.15, 0.2) is 18.2 Å². The van der Waals surface area contributed by atoms with Crippen LogP contribution in [0.5, 0.6) is 5.75 Å². The van der Waals surface area contributed by atoms with Gasteiger partial charge in [0.05, 0.1) is 24.7 Å². The second-order valence-corrected chi connectivity index (χ2v) is 6.96. The first-order valence-electron chi connectivity index (χ1n) is 8.29. The minimum atomic E-state index is -0.276. The number of nitrogens with zero attached hydrogens (tertiary/aromatic N) is 1. The Labute approximate surface area is 147 Å². The summed E-state index contributed by atoms with van der Waals surface area (Å²) in [4.78, 5) is 13.3. The lowest BCUT2D eigenvalue weighted by atomic mass is 9.97. The van der Waals surface area contributed by atoms with Gasteiger partial charge in [0.25, 0.3) is 0 Å². The summed E-state index contributed by atoms with van der Waals surface area (Å²) in [6, 6.07) is 5.88. The number of alkyl halides is 1. The Kier molecular flexibility index (Phi) is 5.33. The third-order valence-electron chi connectivity index (χ3n) is 4.90. The van der Waals surface area contributed by atoms with Crippen molar-refractivity contribution in [1.29, 1.82) is 0 Å². The molecule has 2 saturated heterocycles. The standard InChI is InChI=1S/C13H17NO3.C5H7ClO/c1-9(15)14-7-6-10-8-11(16-2)4-5-12(10)13(14)17-3;6-4-1-3-2-5(4)7-3/h4-5,8,13H,6-7H2,1-3H3;3-5H,1-2H2. The summed E-state index contributed by atoms with van der Waals surface area (Å²) in [6.45, 7) is 2.26. The molecule has 24 heavy (non-hydrogen) atoms. The summed E-state index contributed by atoms with van der Waals surface area (Å²) in [7, 11) is 3.28. The Balaban J connectivity index is 0.000000198. The van der Waals surface area contributed by atoms with Crippen LogP contribution in [0, 0.1) is 0 Å². The highest BCUT2D eigenvalue weighted by Crippen LogP contribution is 2.39. The van der Waals surface area contributed by atoms with E-state index in [1.165, 1.54) is 12.0 Å². The Hall–Kier alpha value is -1.30. The van der Waals surface area contributed by atoms with E-state index in [9.17, 15) is 4.79 Å². The molecule has 5 rings (SSSR count). The number of hydrogen-bond donors (Lipinski definition) is 0. The number of rotatable bonds is 2. The van der Waals surface area contributed by atoms with Gasteiger partial charge in [0.15, 0.2) is 6.23 Å². The summed E-state index contributed by atoms with van der Waals surface area (Å²) < 4.78 is 15.9. The fourth-order valence-corrected chi connectivity index (χ4v) is 3.91. The molecule has 3 aliphatic heterocycles. The number of amides is 1. The van der Waals surface area contributed by atoms with Crippen molar-refractivity contribution < 1.29 is 19.0 Å². The maximum absolute atomic E-state index is 11.5. The summed E-state index contributed by atoms with van der Waals surface area (Å²) in [5.74, 6) is 0.883. The fourth-order valence-electron chi connectivity index (χ4n) is 3.55. The first-order valence-corrected chi connectivity index (χ1v) is 8.73. The molecule has 4 atom stereocenters. The quantitative estimate of drug-likeness (QED) is 0.767.